The molecular formula is C14H18N4S. The van der Waals surface area contributed by atoms with Gasteiger partial charge in [-0.25, -0.2) is 4.98 Å². The van der Waals surface area contributed by atoms with Crippen molar-refractivity contribution in [3.8, 4) is 11.3 Å². The molecule has 0 unspecified atom stereocenters. The van der Waals surface area contributed by atoms with E-state index in [0.717, 1.165) is 49.7 Å². The van der Waals surface area contributed by atoms with Gasteiger partial charge in [-0.3, -0.25) is 4.90 Å². The molecule has 5 heteroatoms. The first-order valence-corrected chi connectivity index (χ1v) is 7.42. The van der Waals surface area contributed by atoms with Gasteiger partial charge in [0.1, 0.15) is 5.01 Å². The molecular weight excluding hydrogens is 256 g/mol. The number of nitrogens with two attached hydrogens (primary N) is 1. The van der Waals surface area contributed by atoms with Crippen LogP contribution in [0.2, 0.25) is 0 Å². The molecule has 1 aliphatic rings. The van der Waals surface area contributed by atoms with E-state index in [9.17, 15) is 0 Å². The molecule has 1 aromatic heterocycles. The lowest BCUT2D eigenvalue weighted by Crippen LogP contribution is -2.42. The number of thiazole rings is 1. The van der Waals surface area contributed by atoms with Crippen LogP contribution in [0.1, 0.15) is 5.01 Å². The lowest BCUT2D eigenvalue weighted by atomic mass is 10.1. The molecule has 19 heavy (non-hydrogen) atoms. The van der Waals surface area contributed by atoms with E-state index in [0.29, 0.717) is 0 Å². The summed E-state index contributed by atoms with van der Waals surface area (Å²) in [5, 5.41) is 6.66. The quantitative estimate of drug-likeness (QED) is 0.838. The highest BCUT2D eigenvalue weighted by molar-refractivity contribution is 7.09. The number of aromatic nitrogens is 1. The highest BCUT2D eigenvalue weighted by atomic mass is 32.1. The van der Waals surface area contributed by atoms with Crippen molar-refractivity contribution in [1.82, 2.24) is 15.2 Å². The van der Waals surface area contributed by atoms with Gasteiger partial charge in [-0.05, 0) is 12.1 Å². The molecule has 0 atom stereocenters. The van der Waals surface area contributed by atoms with E-state index in [1.807, 2.05) is 18.2 Å². The summed E-state index contributed by atoms with van der Waals surface area (Å²) < 4.78 is 0. The lowest BCUT2D eigenvalue weighted by Gasteiger charge is -2.26. The Morgan fingerprint density at radius 3 is 2.95 bits per heavy atom. The number of nitrogen functional groups attached to an aromatic ring is 1. The van der Waals surface area contributed by atoms with Crippen LogP contribution in [-0.4, -0.2) is 36.1 Å². The average molecular weight is 274 g/mol. The molecule has 2 aromatic rings. The van der Waals surface area contributed by atoms with Crippen molar-refractivity contribution in [2.24, 2.45) is 0 Å². The van der Waals surface area contributed by atoms with E-state index in [4.69, 9.17) is 10.7 Å². The fourth-order valence-electron chi connectivity index (χ4n) is 2.27. The zero-order valence-electron chi connectivity index (χ0n) is 10.8. The zero-order valence-corrected chi connectivity index (χ0v) is 11.6. The van der Waals surface area contributed by atoms with Crippen LogP contribution in [0.15, 0.2) is 29.6 Å². The fraction of sp³-hybridized carbons (Fsp3) is 0.357. The Morgan fingerprint density at radius 2 is 2.16 bits per heavy atom. The van der Waals surface area contributed by atoms with Gasteiger partial charge in [0.15, 0.2) is 0 Å². The van der Waals surface area contributed by atoms with Crippen LogP contribution in [0.3, 0.4) is 0 Å². The van der Waals surface area contributed by atoms with E-state index in [1.54, 1.807) is 11.3 Å². The van der Waals surface area contributed by atoms with Crippen molar-refractivity contribution in [3.05, 3.63) is 34.7 Å². The second-order valence-electron chi connectivity index (χ2n) is 4.78. The maximum Gasteiger partial charge on any atom is 0.107 e. The third-order valence-corrected chi connectivity index (χ3v) is 4.14. The zero-order chi connectivity index (χ0) is 13.1. The minimum Gasteiger partial charge on any atom is -0.399 e. The van der Waals surface area contributed by atoms with Gasteiger partial charge in [-0.15, -0.1) is 11.3 Å². The van der Waals surface area contributed by atoms with Crippen LogP contribution in [0, 0.1) is 0 Å². The Hall–Kier alpha value is -1.43. The minimum atomic E-state index is 0.786. The van der Waals surface area contributed by atoms with Gasteiger partial charge in [0.05, 0.1) is 12.2 Å². The molecule has 0 radical (unpaired) electrons. The van der Waals surface area contributed by atoms with Gasteiger partial charge < -0.3 is 11.1 Å². The van der Waals surface area contributed by atoms with E-state index >= 15 is 0 Å². The number of nitrogens with zero attached hydrogens (tertiary/aromatic N) is 2. The number of nitrogens with one attached hydrogen (secondary N) is 1. The Balaban J connectivity index is 1.72. The predicted octanol–water partition coefficient (Wildman–Crippen LogP) is 1.80. The van der Waals surface area contributed by atoms with E-state index < -0.39 is 0 Å². The highest BCUT2D eigenvalue weighted by Gasteiger charge is 2.12. The summed E-state index contributed by atoms with van der Waals surface area (Å²) >= 11 is 1.73. The first-order chi connectivity index (χ1) is 9.31. The van der Waals surface area contributed by atoms with Crippen LogP contribution >= 0.6 is 11.3 Å². The molecule has 1 aliphatic heterocycles. The van der Waals surface area contributed by atoms with Crippen molar-refractivity contribution >= 4 is 17.0 Å². The lowest BCUT2D eigenvalue weighted by molar-refractivity contribution is 0.233. The summed E-state index contributed by atoms with van der Waals surface area (Å²) in [7, 11) is 0. The normalized spacial score (nSPS) is 16.6. The number of benzene rings is 1. The van der Waals surface area contributed by atoms with E-state index in [-0.39, 0.29) is 0 Å². The summed E-state index contributed by atoms with van der Waals surface area (Å²) in [6.45, 7) is 5.32. The first kappa shape index (κ1) is 12.6. The third-order valence-electron chi connectivity index (χ3n) is 3.30. The minimum absolute atomic E-state index is 0.786. The molecule has 0 saturated carbocycles. The van der Waals surface area contributed by atoms with Gasteiger partial charge in [0.2, 0.25) is 0 Å². The first-order valence-electron chi connectivity index (χ1n) is 6.55. The summed E-state index contributed by atoms with van der Waals surface area (Å²) in [5.41, 5.74) is 8.73. The number of rotatable bonds is 3. The Labute approximate surface area is 117 Å². The maximum atomic E-state index is 5.81. The molecule has 0 aliphatic carbocycles. The molecule has 0 spiro atoms. The van der Waals surface area contributed by atoms with Gasteiger partial charge in [-0.1, -0.05) is 12.1 Å². The Morgan fingerprint density at radius 1 is 1.32 bits per heavy atom. The Bertz CT molecular complexity index is 546. The second-order valence-corrected chi connectivity index (χ2v) is 5.72. The molecule has 100 valence electrons. The van der Waals surface area contributed by atoms with Crippen LogP contribution in [0.25, 0.3) is 11.3 Å². The highest BCUT2D eigenvalue weighted by Crippen LogP contribution is 2.24. The van der Waals surface area contributed by atoms with Crippen molar-refractivity contribution in [1.29, 1.82) is 0 Å². The standard InChI is InChI=1S/C14H18N4S/c15-12-3-1-2-11(8-12)13-10-19-14(17-13)9-18-6-4-16-5-7-18/h1-3,8,10,16H,4-7,9,15H2. The maximum absolute atomic E-state index is 5.81. The summed E-state index contributed by atoms with van der Waals surface area (Å²) in [4.78, 5) is 7.16. The number of anilines is 1. The fourth-order valence-corrected chi connectivity index (χ4v) is 3.12. The third kappa shape index (κ3) is 3.12. The molecule has 1 fully saturated rings. The molecule has 0 bridgehead atoms. The van der Waals surface area contributed by atoms with Crippen LogP contribution in [0.5, 0.6) is 0 Å². The molecule has 4 nitrogen and oxygen atoms in total. The van der Waals surface area contributed by atoms with Crippen molar-refractivity contribution < 1.29 is 0 Å². The average Bonchev–Trinajstić information content (AvgIpc) is 2.88. The largest absolute Gasteiger partial charge is 0.399 e. The molecule has 3 rings (SSSR count). The summed E-state index contributed by atoms with van der Waals surface area (Å²) in [5.74, 6) is 0. The van der Waals surface area contributed by atoms with Crippen molar-refractivity contribution in [3.63, 3.8) is 0 Å². The molecule has 2 heterocycles. The van der Waals surface area contributed by atoms with Crippen LogP contribution in [0.4, 0.5) is 5.69 Å². The topological polar surface area (TPSA) is 54.2 Å². The smallest absolute Gasteiger partial charge is 0.107 e. The van der Waals surface area contributed by atoms with Crippen LogP contribution in [-0.2, 0) is 6.54 Å². The van der Waals surface area contributed by atoms with Crippen LogP contribution < -0.4 is 11.1 Å². The number of hydrogen-bond donors (Lipinski definition) is 2. The summed E-state index contributed by atoms with van der Waals surface area (Å²) in [6.07, 6.45) is 0. The van der Waals surface area contributed by atoms with Gasteiger partial charge >= 0.3 is 0 Å². The molecule has 1 saturated heterocycles. The summed E-state index contributed by atoms with van der Waals surface area (Å²) in [6, 6.07) is 7.90. The van der Waals surface area contributed by atoms with Gasteiger partial charge in [-0.2, -0.15) is 0 Å². The molecule has 1 aromatic carbocycles. The van der Waals surface area contributed by atoms with E-state index in [1.165, 1.54) is 5.01 Å². The van der Waals surface area contributed by atoms with Gasteiger partial charge in [0.25, 0.3) is 0 Å². The van der Waals surface area contributed by atoms with Gasteiger partial charge in [0, 0.05) is 42.8 Å². The van der Waals surface area contributed by atoms with Crippen molar-refractivity contribution in [2.75, 3.05) is 31.9 Å². The molecule has 0 amide bonds. The number of piperazine rings is 1. The second kappa shape index (κ2) is 5.69. The predicted molar refractivity (Wildman–Crippen MR) is 80.1 cm³/mol. The van der Waals surface area contributed by atoms with E-state index in [2.05, 4.69) is 21.7 Å². The SMILES string of the molecule is Nc1cccc(-c2csc(CN3CCNCC3)n2)c1. The molecule has 3 N–H and O–H groups in total. The Kier molecular flexibility index (Phi) is 3.77. The monoisotopic (exact) mass is 274 g/mol. The number of hydrogen-bond acceptors (Lipinski definition) is 5. The van der Waals surface area contributed by atoms with Crippen molar-refractivity contribution in [2.45, 2.75) is 6.54 Å².